The number of benzene rings is 2. The standard InChI is InChI=1S/C26H23N5O4/c1-34-15-3-5-20-18(9-15)26(25(33)28-20)10-19(26)13-2-4-17-21(8-13)30-31-23(17)29-24-22-16(6-7-27-24)14(11-32)12-35-22/h2-9,14,19,32H,10-12H2,1H3,(H,28,33)(H2,27,29,30,31)/t14-,19+,26+/m1/s1. The molecule has 4 heterocycles. The van der Waals surface area contributed by atoms with E-state index < -0.39 is 5.41 Å². The Morgan fingerprint density at radius 2 is 2.14 bits per heavy atom. The fraction of sp³-hybridized carbons (Fsp3) is 0.269. The summed E-state index contributed by atoms with van der Waals surface area (Å²) in [5.41, 5.74) is 4.22. The number of aliphatic hydroxyl groups excluding tert-OH is 1. The average Bonchev–Trinajstić information content (AvgIpc) is 3.14. The molecule has 2 aromatic carbocycles. The highest BCUT2D eigenvalue weighted by Crippen LogP contribution is 2.65. The highest BCUT2D eigenvalue weighted by molar-refractivity contribution is 6.10. The molecule has 0 saturated heterocycles. The van der Waals surface area contributed by atoms with E-state index in [-0.39, 0.29) is 24.3 Å². The van der Waals surface area contributed by atoms with Crippen LogP contribution >= 0.6 is 0 Å². The lowest BCUT2D eigenvalue weighted by molar-refractivity contribution is -0.118. The molecule has 1 amide bonds. The summed E-state index contributed by atoms with van der Waals surface area (Å²) in [7, 11) is 1.64. The molecule has 1 spiro atoms. The Kier molecular flexibility index (Phi) is 4.17. The zero-order valence-corrected chi connectivity index (χ0v) is 19.0. The van der Waals surface area contributed by atoms with Crippen LogP contribution in [0.2, 0.25) is 0 Å². The summed E-state index contributed by atoms with van der Waals surface area (Å²) in [6.07, 6.45) is 2.46. The number of amides is 1. The Bertz CT molecular complexity index is 1520. The largest absolute Gasteiger partial charge is 0.497 e. The van der Waals surface area contributed by atoms with Crippen LogP contribution in [0.4, 0.5) is 17.3 Å². The lowest BCUT2D eigenvalue weighted by Crippen LogP contribution is -2.21. The Morgan fingerprint density at radius 1 is 1.23 bits per heavy atom. The lowest BCUT2D eigenvalue weighted by atomic mass is 9.91. The number of fused-ring (bicyclic) bond motifs is 4. The van der Waals surface area contributed by atoms with E-state index in [1.54, 1.807) is 13.3 Å². The first kappa shape index (κ1) is 20.3. The van der Waals surface area contributed by atoms with Crippen molar-refractivity contribution in [2.45, 2.75) is 23.7 Å². The average molecular weight is 470 g/mol. The molecule has 7 rings (SSSR count). The predicted molar refractivity (Wildman–Crippen MR) is 130 cm³/mol. The van der Waals surface area contributed by atoms with Crippen molar-refractivity contribution < 1.29 is 19.4 Å². The van der Waals surface area contributed by atoms with E-state index in [0.29, 0.717) is 24.0 Å². The summed E-state index contributed by atoms with van der Waals surface area (Å²) in [6.45, 7) is 0.463. The molecular weight excluding hydrogens is 446 g/mol. The van der Waals surface area contributed by atoms with Crippen LogP contribution in [0.25, 0.3) is 10.9 Å². The number of carbonyl (C=O) groups excluding carboxylic acids is 1. The number of pyridine rings is 1. The number of nitrogens with one attached hydrogen (secondary N) is 3. The fourth-order valence-electron chi connectivity index (χ4n) is 5.61. The number of aromatic amines is 1. The number of hydrogen-bond acceptors (Lipinski definition) is 7. The van der Waals surface area contributed by atoms with Crippen LogP contribution in [-0.4, -0.2) is 46.5 Å². The number of H-pyrrole nitrogens is 1. The van der Waals surface area contributed by atoms with Gasteiger partial charge in [-0.05, 0) is 53.9 Å². The van der Waals surface area contributed by atoms with Gasteiger partial charge in [0.1, 0.15) is 5.75 Å². The molecule has 9 heteroatoms. The number of rotatable bonds is 5. The molecule has 4 N–H and O–H groups in total. The summed E-state index contributed by atoms with van der Waals surface area (Å²) in [5, 5.41) is 24.4. The van der Waals surface area contributed by atoms with E-state index >= 15 is 0 Å². The number of nitrogens with zero attached hydrogens (tertiary/aromatic N) is 2. The molecule has 4 aromatic rings. The minimum Gasteiger partial charge on any atom is -0.497 e. The molecule has 3 aliphatic rings. The maximum absolute atomic E-state index is 13.0. The van der Waals surface area contributed by atoms with Gasteiger partial charge < -0.3 is 25.2 Å². The molecule has 1 aliphatic carbocycles. The highest BCUT2D eigenvalue weighted by Gasteiger charge is 2.65. The van der Waals surface area contributed by atoms with E-state index in [2.05, 4.69) is 37.9 Å². The third kappa shape index (κ3) is 2.81. The number of anilines is 3. The second kappa shape index (κ2) is 7.19. The Balaban J connectivity index is 1.20. The van der Waals surface area contributed by atoms with E-state index in [4.69, 9.17) is 9.47 Å². The van der Waals surface area contributed by atoms with Crippen molar-refractivity contribution in [1.82, 2.24) is 15.2 Å². The van der Waals surface area contributed by atoms with Gasteiger partial charge in [0.15, 0.2) is 17.4 Å². The molecule has 2 aromatic heterocycles. The van der Waals surface area contributed by atoms with Gasteiger partial charge in [-0.1, -0.05) is 6.07 Å². The van der Waals surface area contributed by atoms with Crippen LogP contribution in [0.15, 0.2) is 48.7 Å². The Labute approximate surface area is 200 Å². The van der Waals surface area contributed by atoms with Gasteiger partial charge in [0.25, 0.3) is 0 Å². The smallest absolute Gasteiger partial charge is 0.235 e. The minimum absolute atomic E-state index is 0.0303. The zero-order chi connectivity index (χ0) is 23.7. The maximum atomic E-state index is 13.0. The molecule has 9 nitrogen and oxygen atoms in total. The van der Waals surface area contributed by atoms with E-state index in [0.717, 1.165) is 45.5 Å². The first-order chi connectivity index (χ1) is 17.1. The summed E-state index contributed by atoms with van der Waals surface area (Å²) < 4.78 is 11.2. The summed E-state index contributed by atoms with van der Waals surface area (Å²) in [6, 6.07) is 13.8. The normalized spacial score (nSPS) is 23.7. The van der Waals surface area contributed by atoms with Crippen LogP contribution in [0, 0.1) is 0 Å². The predicted octanol–water partition coefficient (Wildman–Crippen LogP) is 3.56. The molecule has 176 valence electrons. The molecule has 0 unspecified atom stereocenters. The van der Waals surface area contributed by atoms with Gasteiger partial charge in [0.2, 0.25) is 5.91 Å². The Hall–Kier alpha value is -4.11. The van der Waals surface area contributed by atoms with Crippen molar-refractivity contribution in [2.75, 3.05) is 31.0 Å². The number of methoxy groups -OCH3 is 1. The first-order valence-electron chi connectivity index (χ1n) is 11.6. The SMILES string of the molecule is COc1ccc2c(c1)[C@]1(C[C@H]1c1ccc3c(Nc4nccc5c4OC[C@H]5CO)n[nH]c3c1)C(=O)N2. The fourth-order valence-corrected chi connectivity index (χ4v) is 5.61. The summed E-state index contributed by atoms with van der Waals surface area (Å²) in [4.78, 5) is 17.4. The zero-order valence-electron chi connectivity index (χ0n) is 19.0. The molecule has 1 fully saturated rings. The number of aromatic nitrogens is 3. The van der Waals surface area contributed by atoms with Gasteiger partial charge in [-0.15, -0.1) is 0 Å². The number of aliphatic hydroxyl groups is 1. The number of hydrogen-bond donors (Lipinski definition) is 4. The van der Waals surface area contributed by atoms with Crippen molar-refractivity contribution in [1.29, 1.82) is 0 Å². The van der Waals surface area contributed by atoms with Gasteiger partial charge in [-0.2, -0.15) is 5.10 Å². The van der Waals surface area contributed by atoms with Crippen LogP contribution in [0.1, 0.15) is 34.9 Å². The van der Waals surface area contributed by atoms with Crippen molar-refractivity contribution in [3.63, 3.8) is 0 Å². The first-order valence-corrected chi connectivity index (χ1v) is 11.6. The van der Waals surface area contributed by atoms with Gasteiger partial charge in [0.05, 0.1) is 31.3 Å². The molecular formula is C26H23N5O4. The molecule has 1 saturated carbocycles. The second-order valence-corrected chi connectivity index (χ2v) is 9.36. The van der Waals surface area contributed by atoms with Crippen molar-refractivity contribution in [3.05, 3.63) is 65.4 Å². The lowest BCUT2D eigenvalue weighted by Gasteiger charge is -2.10. The summed E-state index contributed by atoms with van der Waals surface area (Å²) in [5.74, 6) is 2.70. The molecule has 0 bridgehead atoms. The molecule has 0 radical (unpaired) electrons. The Morgan fingerprint density at radius 3 is 3.00 bits per heavy atom. The van der Waals surface area contributed by atoms with Gasteiger partial charge in [-0.25, -0.2) is 4.98 Å². The van der Waals surface area contributed by atoms with Crippen molar-refractivity contribution in [3.8, 4) is 11.5 Å². The molecule has 35 heavy (non-hydrogen) atoms. The maximum Gasteiger partial charge on any atom is 0.235 e. The quantitative estimate of drug-likeness (QED) is 0.353. The minimum atomic E-state index is -0.548. The van der Waals surface area contributed by atoms with Gasteiger partial charge in [-0.3, -0.25) is 9.89 Å². The second-order valence-electron chi connectivity index (χ2n) is 9.36. The summed E-state index contributed by atoms with van der Waals surface area (Å²) >= 11 is 0. The van der Waals surface area contributed by atoms with Crippen LogP contribution < -0.4 is 20.1 Å². The van der Waals surface area contributed by atoms with Crippen LogP contribution in [0.5, 0.6) is 11.5 Å². The van der Waals surface area contributed by atoms with E-state index in [1.165, 1.54) is 0 Å². The van der Waals surface area contributed by atoms with Crippen molar-refractivity contribution in [2.24, 2.45) is 0 Å². The number of carbonyl (C=O) groups is 1. The molecule has 3 atom stereocenters. The van der Waals surface area contributed by atoms with Gasteiger partial charge >= 0.3 is 0 Å². The number of ether oxygens (including phenoxy) is 2. The van der Waals surface area contributed by atoms with Gasteiger partial charge in [0, 0.05) is 34.7 Å². The topological polar surface area (TPSA) is 121 Å². The third-order valence-corrected chi connectivity index (χ3v) is 7.57. The highest BCUT2D eigenvalue weighted by atomic mass is 16.5. The van der Waals surface area contributed by atoms with E-state index in [1.807, 2.05) is 30.3 Å². The monoisotopic (exact) mass is 469 g/mol. The van der Waals surface area contributed by atoms with Crippen LogP contribution in [-0.2, 0) is 10.2 Å². The molecule has 2 aliphatic heterocycles. The van der Waals surface area contributed by atoms with E-state index in [9.17, 15) is 9.90 Å². The van der Waals surface area contributed by atoms with Crippen molar-refractivity contribution >= 4 is 34.1 Å². The van der Waals surface area contributed by atoms with Crippen LogP contribution in [0.3, 0.4) is 0 Å². The third-order valence-electron chi connectivity index (χ3n) is 7.57.